The topological polar surface area (TPSA) is 70.1 Å². The van der Waals surface area contributed by atoms with E-state index in [-0.39, 0.29) is 0 Å². The van der Waals surface area contributed by atoms with Crippen LogP contribution in [0.15, 0.2) is 24.4 Å². The van der Waals surface area contributed by atoms with Gasteiger partial charge in [-0.3, -0.25) is 4.79 Å². The second kappa shape index (κ2) is 6.10. The van der Waals surface area contributed by atoms with Crippen molar-refractivity contribution in [2.45, 2.75) is 33.2 Å². The maximum atomic E-state index is 11.5. The van der Waals surface area contributed by atoms with Gasteiger partial charge in [-0.2, -0.15) is 0 Å². The molecule has 2 aromatic rings. The van der Waals surface area contributed by atoms with Gasteiger partial charge in [0.05, 0.1) is 7.11 Å². The Labute approximate surface area is 124 Å². The first-order valence-electron chi connectivity index (χ1n) is 6.89. The summed E-state index contributed by atoms with van der Waals surface area (Å²) in [6.07, 6.45) is 2.24. The fourth-order valence-corrected chi connectivity index (χ4v) is 2.54. The van der Waals surface area contributed by atoms with Crippen molar-refractivity contribution in [2.24, 2.45) is 5.73 Å². The normalized spacial score (nSPS) is 12.2. The lowest BCUT2D eigenvalue weighted by Gasteiger charge is -2.12. The van der Waals surface area contributed by atoms with Crippen LogP contribution in [0.4, 0.5) is 0 Å². The van der Waals surface area contributed by atoms with Crippen LogP contribution in [-0.4, -0.2) is 28.7 Å². The van der Waals surface area contributed by atoms with Crippen molar-refractivity contribution in [3.05, 3.63) is 46.9 Å². The highest BCUT2D eigenvalue weighted by Crippen LogP contribution is 2.22. The number of methoxy groups -OCH3 is 1. The molecule has 2 rings (SSSR count). The number of rotatable bonds is 4. The molecule has 0 aliphatic heterocycles. The minimum Gasteiger partial charge on any atom is -0.468 e. The van der Waals surface area contributed by atoms with Crippen LogP contribution in [0.3, 0.4) is 0 Å². The van der Waals surface area contributed by atoms with Gasteiger partial charge < -0.3 is 15.0 Å². The number of carbonyl (C=O) groups is 1. The van der Waals surface area contributed by atoms with Crippen LogP contribution < -0.4 is 5.73 Å². The number of aromatic nitrogens is 2. The second-order valence-electron chi connectivity index (χ2n) is 5.21. The molecule has 5 nitrogen and oxygen atoms in total. The van der Waals surface area contributed by atoms with Gasteiger partial charge in [0, 0.05) is 24.0 Å². The monoisotopic (exact) mass is 287 g/mol. The van der Waals surface area contributed by atoms with Crippen LogP contribution >= 0.6 is 0 Å². The minimum absolute atomic E-state index is 0.395. The van der Waals surface area contributed by atoms with E-state index in [0.717, 1.165) is 28.3 Å². The van der Waals surface area contributed by atoms with Crippen molar-refractivity contribution in [3.8, 4) is 5.82 Å². The van der Waals surface area contributed by atoms with Crippen LogP contribution in [-0.2, 0) is 16.0 Å². The van der Waals surface area contributed by atoms with E-state index >= 15 is 0 Å². The zero-order valence-corrected chi connectivity index (χ0v) is 12.9. The molecule has 0 saturated carbocycles. The van der Waals surface area contributed by atoms with Crippen LogP contribution in [0.2, 0.25) is 0 Å². The molecule has 5 heteroatoms. The predicted molar refractivity (Wildman–Crippen MR) is 81.5 cm³/mol. The molecule has 0 radical (unpaired) electrons. The molecule has 112 valence electrons. The van der Waals surface area contributed by atoms with E-state index in [1.165, 1.54) is 7.11 Å². The van der Waals surface area contributed by atoms with Gasteiger partial charge in [0.2, 0.25) is 0 Å². The van der Waals surface area contributed by atoms with E-state index < -0.39 is 12.0 Å². The average Bonchev–Trinajstić information content (AvgIpc) is 2.73. The van der Waals surface area contributed by atoms with Gasteiger partial charge in [0.15, 0.2) is 0 Å². The molecule has 0 spiro atoms. The average molecular weight is 287 g/mol. The van der Waals surface area contributed by atoms with Crippen molar-refractivity contribution in [2.75, 3.05) is 7.11 Å². The van der Waals surface area contributed by atoms with Crippen LogP contribution in [0, 0.1) is 20.8 Å². The fourth-order valence-electron chi connectivity index (χ4n) is 2.54. The molecule has 2 N–H and O–H groups in total. The molecule has 0 aromatic carbocycles. The van der Waals surface area contributed by atoms with Gasteiger partial charge in [-0.15, -0.1) is 0 Å². The molecule has 1 atom stereocenters. The molecule has 0 saturated heterocycles. The van der Waals surface area contributed by atoms with E-state index in [2.05, 4.69) is 14.3 Å². The van der Waals surface area contributed by atoms with Gasteiger partial charge in [-0.1, -0.05) is 6.07 Å². The Kier molecular flexibility index (Phi) is 4.43. The number of aryl methyl sites for hydroxylation is 2. The largest absolute Gasteiger partial charge is 0.468 e. The Morgan fingerprint density at radius 1 is 1.43 bits per heavy atom. The number of hydrogen-bond acceptors (Lipinski definition) is 4. The van der Waals surface area contributed by atoms with Gasteiger partial charge in [0.25, 0.3) is 0 Å². The third kappa shape index (κ3) is 2.97. The Morgan fingerprint density at radius 2 is 2.14 bits per heavy atom. The maximum absolute atomic E-state index is 11.5. The highest BCUT2D eigenvalue weighted by molar-refractivity contribution is 5.75. The lowest BCUT2D eigenvalue weighted by molar-refractivity contribution is -0.142. The third-order valence-corrected chi connectivity index (χ3v) is 3.67. The Balaban J connectivity index is 2.39. The molecule has 0 aliphatic rings. The van der Waals surface area contributed by atoms with Gasteiger partial charge in [-0.05, 0) is 44.0 Å². The number of hydrogen-bond donors (Lipinski definition) is 1. The lowest BCUT2D eigenvalue weighted by atomic mass is 10.1. The zero-order valence-electron chi connectivity index (χ0n) is 12.9. The summed E-state index contributed by atoms with van der Waals surface area (Å²) in [7, 11) is 1.35. The van der Waals surface area contributed by atoms with E-state index in [1.54, 1.807) is 6.20 Å². The van der Waals surface area contributed by atoms with E-state index in [1.807, 2.05) is 39.0 Å². The molecular weight excluding hydrogens is 266 g/mol. The second-order valence-corrected chi connectivity index (χ2v) is 5.21. The SMILES string of the molecule is COC(=O)C(N)Cc1cc(C)n(-c2ncccc2C)c1C. The van der Waals surface area contributed by atoms with Crippen molar-refractivity contribution in [1.82, 2.24) is 9.55 Å². The number of nitrogens with two attached hydrogens (primary N) is 1. The quantitative estimate of drug-likeness (QED) is 0.871. The molecule has 2 aromatic heterocycles. The molecule has 0 aliphatic carbocycles. The molecule has 0 bridgehead atoms. The van der Waals surface area contributed by atoms with E-state index in [0.29, 0.717) is 6.42 Å². The van der Waals surface area contributed by atoms with Crippen molar-refractivity contribution < 1.29 is 9.53 Å². The Bertz CT molecular complexity index is 662. The maximum Gasteiger partial charge on any atom is 0.322 e. The van der Waals surface area contributed by atoms with Crippen molar-refractivity contribution in [3.63, 3.8) is 0 Å². The minimum atomic E-state index is -0.645. The first-order valence-corrected chi connectivity index (χ1v) is 6.89. The first-order chi connectivity index (χ1) is 9.95. The fraction of sp³-hybridized carbons (Fsp3) is 0.375. The number of pyridine rings is 1. The van der Waals surface area contributed by atoms with Crippen LogP contribution in [0.1, 0.15) is 22.5 Å². The summed E-state index contributed by atoms with van der Waals surface area (Å²) in [5.41, 5.74) is 10.1. The third-order valence-electron chi connectivity index (χ3n) is 3.67. The van der Waals surface area contributed by atoms with Gasteiger partial charge >= 0.3 is 5.97 Å². The summed E-state index contributed by atoms with van der Waals surface area (Å²) in [4.78, 5) is 15.9. The van der Waals surface area contributed by atoms with Crippen molar-refractivity contribution in [1.29, 1.82) is 0 Å². The van der Waals surface area contributed by atoms with Crippen LogP contribution in [0.5, 0.6) is 0 Å². The summed E-state index contributed by atoms with van der Waals surface area (Å²) in [6, 6.07) is 5.35. The molecule has 0 amide bonds. The van der Waals surface area contributed by atoms with Gasteiger partial charge in [-0.25, -0.2) is 4.98 Å². The number of nitrogens with zero attached hydrogens (tertiary/aromatic N) is 2. The molecule has 1 unspecified atom stereocenters. The summed E-state index contributed by atoms with van der Waals surface area (Å²) in [5.74, 6) is 0.513. The highest BCUT2D eigenvalue weighted by Gasteiger charge is 2.19. The number of ether oxygens (including phenoxy) is 1. The summed E-state index contributed by atoms with van der Waals surface area (Å²) >= 11 is 0. The summed E-state index contributed by atoms with van der Waals surface area (Å²) < 4.78 is 6.77. The Morgan fingerprint density at radius 3 is 2.76 bits per heavy atom. The van der Waals surface area contributed by atoms with Gasteiger partial charge in [0.1, 0.15) is 11.9 Å². The lowest BCUT2D eigenvalue weighted by Crippen LogP contribution is -2.33. The zero-order chi connectivity index (χ0) is 15.6. The van der Waals surface area contributed by atoms with E-state index in [4.69, 9.17) is 5.73 Å². The number of carbonyl (C=O) groups excluding carboxylic acids is 1. The standard InChI is InChI=1S/C16H21N3O2/c1-10-6-5-7-18-15(10)19-11(2)8-13(12(19)3)9-14(17)16(20)21-4/h5-8,14H,9,17H2,1-4H3. The molecule has 0 fully saturated rings. The highest BCUT2D eigenvalue weighted by atomic mass is 16.5. The smallest absolute Gasteiger partial charge is 0.322 e. The molecule has 2 heterocycles. The first kappa shape index (κ1) is 15.3. The molecular formula is C16H21N3O2. The van der Waals surface area contributed by atoms with Crippen molar-refractivity contribution >= 4 is 5.97 Å². The number of esters is 1. The molecule has 21 heavy (non-hydrogen) atoms. The predicted octanol–water partition coefficient (Wildman–Crippen LogP) is 1.84. The Hall–Kier alpha value is -2.14. The van der Waals surface area contributed by atoms with Crippen LogP contribution in [0.25, 0.3) is 5.82 Å². The summed E-state index contributed by atoms with van der Waals surface area (Å²) in [6.45, 7) is 6.07. The van der Waals surface area contributed by atoms with E-state index in [9.17, 15) is 4.79 Å². The summed E-state index contributed by atoms with van der Waals surface area (Å²) in [5, 5.41) is 0.